The van der Waals surface area contributed by atoms with Gasteiger partial charge in [-0.2, -0.15) is 4.31 Å². The molecule has 0 unspecified atom stereocenters. The number of methoxy groups -OCH3 is 1. The van der Waals surface area contributed by atoms with Gasteiger partial charge in [-0.1, -0.05) is 6.42 Å². The van der Waals surface area contributed by atoms with Crippen LogP contribution in [0.1, 0.15) is 19.3 Å². The lowest BCUT2D eigenvalue weighted by Gasteiger charge is -2.36. The van der Waals surface area contributed by atoms with Crippen molar-refractivity contribution in [3.05, 3.63) is 24.3 Å². The summed E-state index contributed by atoms with van der Waals surface area (Å²) in [6, 6.07) is 6.38. The van der Waals surface area contributed by atoms with E-state index in [-0.39, 0.29) is 35.0 Å². The number of ether oxygens (including phenoxy) is 1. The third-order valence-corrected chi connectivity index (χ3v) is 7.44. The van der Waals surface area contributed by atoms with Crippen LogP contribution in [0.5, 0.6) is 5.75 Å². The summed E-state index contributed by atoms with van der Waals surface area (Å²) in [7, 11) is -2.01. The van der Waals surface area contributed by atoms with Crippen molar-refractivity contribution < 1.29 is 17.9 Å². The lowest BCUT2D eigenvalue weighted by Crippen LogP contribution is -2.52. The maximum absolute atomic E-state index is 12.8. The molecule has 152 valence electrons. The van der Waals surface area contributed by atoms with E-state index >= 15 is 0 Å². The highest BCUT2D eigenvalue weighted by molar-refractivity contribution is 7.89. The van der Waals surface area contributed by atoms with Crippen molar-refractivity contribution in [3.63, 3.8) is 0 Å². The molecule has 1 aliphatic heterocycles. The number of carbonyl (C=O) groups is 1. The molecule has 1 aliphatic carbocycles. The molecule has 0 radical (unpaired) electrons. The van der Waals surface area contributed by atoms with Crippen LogP contribution >= 0.6 is 12.4 Å². The van der Waals surface area contributed by atoms with E-state index in [9.17, 15) is 13.2 Å². The summed E-state index contributed by atoms with van der Waals surface area (Å²) in [5.41, 5.74) is 5.79. The lowest BCUT2D eigenvalue weighted by molar-refractivity contribution is -0.137. The van der Waals surface area contributed by atoms with Crippen molar-refractivity contribution in [2.24, 2.45) is 17.6 Å². The molecular weight excluding hydrogens is 390 g/mol. The smallest absolute Gasteiger partial charge is 0.243 e. The average molecular weight is 418 g/mol. The molecule has 0 aromatic heterocycles. The van der Waals surface area contributed by atoms with Gasteiger partial charge in [-0.3, -0.25) is 4.79 Å². The molecule has 9 heteroatoms. The lowest BCUT2D eigenvalue weighted by atomic mass is 9.94. The quantitative estimate of drug-likeness (QED) is 0.780. The third-order valence-electron chi connectivity index (χ3n) is 5.53. The van der Waals surface area contributed by atoms with Crippen LogP contribution in [-0.4, -0.2) is 63.4 Å². The topological polar surface area (TPSA) is 92.9 Å². The molecule has 1 aromatic rings. The zero-order valence-corrected chi connectivity index (χ0v) is 17.2. The Morgan fingerprint density at radius 2 is 1.78 bits per heavy atom. The van der Waals surface area contributed by atoms with Crippen molar-refractivity contribution >= 4 is 28.3 Å². The minimum atomic E-state index is -3.55. The minimum absolute atomic E-state index is 0. The highest BCUT2D eigenvalue weighted by Gasteiger charge is 2.37. The number of sulfonamides is 1. The van der Waals surface area contributed by atoms with Crippen LogP contribution in [0.2, 0.25) is 0 Å². The van der Waals surface area contributed by atoms with Crippen LogP contribution in [-0.2, 0) is 14.8 Å². The second-order valence-electron chi connectivity index (χ2n) is 6.94. The first kappa shape index (κ1) is 21.9. The van der Waals surface area contributed by atoms with Crippen LogP contribution in [0, 0.1) is 11.8 Å². The van der Waals surface area contributed by atoms with E-state index in [4.69, 9.17) is 10.5 Å². The van der Waals surface area contributed by atoms with Crippen LogP contribution in [0.4, 0.5) is 0 Å². The van der Waals surface area contributed by atoms with Gasteiger partial charge in [0, 0.05) is 32.1 Å². The molecule has 2 aliphatic rings. The number of nitrogens with zero attached hydrogens (tertiary/aromatic N) is 2. The first-order valence-electron chi connectivity index (χ1n) is 9.10. The fraction of sp³-hybridized carbons (Fsp3) is 0.611. The van der Waals surface area contributed by atoms with Gasteiger partial charge in [0.25, 0.3) is 0 Å². The molecule has 7 nitrogen and oxygen atoms in total. The Morgan fingerprint density at radius 3 is 2.33 bits per heavy atom. The molecule has 1 saturated heterocycles. The van der Waals surface area contributed by atoms with E-state index in [2.05, 4.69) is 0 Å². The second kappa shape index (κ2) is 9.23. The Labute approximate surface area is 167 Å². The molecular formula is C18H28ClN3O4S. The van der Waals surface area contributed by atoms with Gasteiger partial charge < -0.3 is 15.4 Å². The Bertz CT molecular complexity index is 733. The third kappa shape index (κ3) is 4.56. The number of hydrogen-bond donors (Lipinski definition) is 1. The van der Waals surface area contributed by atoms with Crippen LogP contribution in [0.15, 0.2) is 29.2 Å². The Hall–Kier alpha value is -1.35. The maximum Gasteiger partial charge on any atom is 0.243 e. The van der Waals surface area contributed by atoms with Gasteiger partial charge in [-0.25, -0.2) is 8.42 Å². The predicted molar refractivity (Wildman–Crippen MR) is 105 cm³/mol. The van der Waals surface area contributed by atoms with Crippen molar-refractivity contribution in [2.75, 3.05) is 39.8 Å². The Kier molecular flexibility index (Phi) is 7.50. The monoisotopic (exact) mass is 417 g/mol. The molecule has 3 rings (SSSR count). The summed E-state index contributed by atoms with van der Waals surface area (Å²) < 4.78 is 32.1. The molecule has 1 aromatic carbocycles. The van der Waals surface area contributed by atoms with E-state index in [0.29, 0.717) is 38.5 Å². The van der Waals surface area contributed by atoms with Gasteiger partial charge in [-0.15, -0.1) is 12.4 Å². The number of nitrogens with two attached hydrogens (primary N) is 1. The zero-order valence-electron chi connectivity index (χ0n) is 15.5. The number of piperazine rings is 1. The van der Waals surface area contributed by atoms with Gasteiger partial charge >= 0.3 is 0 Å². The van der Waals surface area contributed by atoms with E-state index < -0.39 is 10.0 Å². The molecule has 0 bridgehead atoms. The average Bonchev–Trinajstić information content (AvgIpc) is 3.16. The maximum atomic E-state index is 12.8. The number of hydrogen-bond acceptors (Lipinski definition) is 5. The largest absolute Gasteiger partial charge is 0.497 e. The summed E-state index contributed by atoms with van der Waals surface area (Å²) >= 11 is 0. The SMILES string of the molecule is COc1ccc(S(=O)(=O)N2CCN(C(=O)[C@@H]3CCC[C@@H]3CN)CC2)cc1.Cl. The molecule has 27 heavy (non-hydrogen) atoms. The van der Waals surface area contributed by atoms with Crippen LogP contribution < -0.4 is 10.5 Å². The highest BCUT2D eigenvalue weighted by atomic mass is 35.5. The van der Waals surface area contributed by atoms with Crippen molar-refractivity contribution in [2.45, 2.75) is 24.2 Å². The van der Waals surface area contributed by atoms with Crippen molar-refractivity contribution in [3.8, 4) is 5.75 Å². The van der Waals surface area contributed by atoms with Gasteiger partial charge in [0.05, 0.1) is 12.0 Å². The molecule has 2 N–H and O–H groups in total. The van der Waals surface area contributed by atoms with Gasteiger partial charge in [0.2, 0.25) is 15.9 Å². The van der Waals surface area contributed by atoms with Crippen LogP contribution in [0.25, 0.3) is 0 Å². The van der Waals surface area contributed by atoms with Crippen molar-refractivity contribution in [1.82, 2.24) is 9.21 Å². The number of rotatable bonds is 5. The van der Waals surface area contributed by atoms with Crippen molar-refractivity contribution in [1.29, 1.82) is 0 Å². The standard InChI is InChI=1S/C18H27N3O4S.ClH/c1-25-15-5-7-16(8-6-15)26(23,24)21-11-9-20(10-12-21)18(22)17-4-2-3-14(17)13-19;/h5-8,14,17H,2-4,9-13,19H2,1H3;1H/t14-,17-;/m1./s1. The van der Waals surface area contributed by atoms with E-state index in [0.717, 1.165) is 19.3 Å². The molecule has 1 saturated carbocycles. The fourth-order valence-corrected chi connectivity index (χ4v) is 5.35. The zero-order chi connectivity index (χ0) is 18.7. The van der Waals surface area contributed by atoms with Gasteiger partial charge in [0.15, 0.2) is 0 Å². The van der Waals surface area contributed by atoms with E-state index in [1.165, 1.54) is 4.31 Å². The predicted octanol–water partition coefficient (Wildman–Crippen LogP) is 1.32. The van der Waals surface area contributed by atoms with Gasteiger partial charge in [-0.05, 0) is 49.6 Å². The molecule has 1 amide bonds. The molecule has 1 heterocycles. The summed E-state index contributed by atoms with van der Waals surface area (Å²) in [6.07, 6.45) is 2.95. The fourth-order valence-electron chi connectivity index (χ4n) is 3.92. The summed E-state index contributed by atoms with van der Waals surface area (Å²) in [5.74, 6) is 1.03. The molecule has 2 atom stereocenters. The normalized spacial score (nSPS) is 23.7. The number of amides is 1. The van der Waals surface area contributed by atoms with Gasteiger partial charge in [0.1, 0.15) is 5.75 Å². The molecule has 2 fully saturated rings. The Morgan fingerprint density at radius 1 is 1.15 bits per heavy atom. The number of halogens is 1. The van der Waals surface area contributed by atoms with Crippen LogP contribution in [0.3, 0.4) is 0 Å². The molecule has 0 spiro atoms. The summed E-state index contributed by atoms with van der Waals surface area (Å²) in [6.45, 7) is 2.05. The van der Waals surface area contributed by atoms with E-state index in [1.807, 2.05) is 0 Å². The first-order chi connectivity index (χ1) is 12.5. The minimum Gasteiger partial charge on any atom is -0.497 e. The number of benzene rings is 1. The summed E-state index contributed by atoms with van der Waals surface area (Å²) in [5, 5.41) is 0. The number of carbonyl (C=O) groups excluding carboxylic acids is 1. The first-order valence-corrected chi connectivity index (χ1v) is 10.5. The highest BCUT2D eigenvalue weighted by Crippen LogP contribution is 2.32. The summed E-state index contributed by atoms with van der Waals surface area (Å²) in [4.78, 5) is 14.8. The second-order valence-corrected chi connectivity index (χ2v) is 8.88. The van der Waals surface area contributed by atoms with E-state index in [1.54, 1.807) is 36.3 Å². The Balaban J connectivity index is 0.00000261.